The molecule has 6 heteroatoms. The van der Waals surface area contributed by atoms with Crippen molar-refractivity contribution in [2.24, 2.45) is 4.99 Å². The minimum atomic E-state index is -1.32. The number of hydrogen-bond donors (Lipinski definition) is 1. The number of hydrogen-bond acceptors (Lipinski definition) is 4. The first-order valence-electron chi connectivity index (χ1n) is 9.41. The van der Waals surface area contributed by atoms with Gasteiger partial charge in [0.15, 0.2) is 0 Å². The van der Waals surface area contributed by atoms with Crippen molar-refractivity contribution in [1.29, 1.82) is 5.26 Å². The standard InChI is InChI=1S/C23H22N4OS/c24-18-26-21(16-19-8-6-14-25-17-19)11-7-15-27-29(28)23-13-5-4-12-22(23)20-9-2-1-3-10-20/h1-6,8-10,12-14,17,27H,7,11,15-16H2. The van der Waals surface area contributed by atoms with Crippen molar-refractivity contribution >= 4 is 16.7 Å². The van der Waals surface area contributed by atoms with E-state index >= 15 is 0 Å². The Morgan fingerprint density at radius 1 is 1.07 bits per heavy atom. The van der Waals surface area contributed by atoms with E-state index in [-0.39, 0.29) is 0 Å². The zero-order valence-electron chi connectivity index (χ0n) is 16.0. The van der Waals surface area contributed by atoms with Gasteiger partial charge in [0, 0.05) is 31.1 Å². The van der Waals surface area contributed by atoms with Crippen LogP contribution in [0.2, 0.25) is 0 Å². The molecule has 1 heterocycles. The molecule has 29 heavy (non-hydrogen) atoms. The zero-order valence-corrected chi connectivity index (χ0v) is 16.8. The molecular formula is C23H22N4OS. The molecule has 146 valence electrons. The van der Waals surface area contributed by atoms with E-state index in [9.17, 15) is 4.21 Å². The molecule has 1 aromatic heterocycles. The fourth-order valence-electron chi connectivity index (χ4n) is 3.01. The first kappa shape index (κ1) is 20.6. The molecule has 0 spiro atoms. The number of nitrogens with zero attached hydrogens (tertiary/aromatic N) is 3. The van der Waals surface area contributed by atoms with Crippen LogP contribution in [0.1, 0.15) is 18.4 Å². The van der Waals surface area contributed by atoms with Gasteiger partial charge >= 0.3 is 0 Å². The van der Waals surface area contributed by atoms with Crippen LogP contribution in [0.5, 0.6) is 0 Å². The first-order chi connectivity index (χ1) is 14.3. The lowest BCUT2D eigenvalue weighted by Gasteiger charge is -2.11. The van der Waals surface area contributed by atoms with Gasteiger partial charge in [-0.05, 0) is 41.7 Å². The van der Waals surface area contributed by atoms with Crippen LogP contribution in [0.3, 0.4) is 0 Å². The van der Waals surface area contributed by atoms with Crippen molar-refractivity contribution in [3.8, 4) is 17.3 Å². The Kier molecular flexibility index (Phi) is 7.81. The molecule has 0 saturated carbocycles. The second-order valence-corrected chi connectivity index (χ2v) is 7.71. The van der Waals surface area contributed by atoms with E-state index in [4.69, 9.17) is 5.26 Å². The van der Waals surface area contributed by atoms with Gasteiger partial charge in [-0.25, -0.2) is 8.93 Å². The van der Waals surface area contributed by atoms with Crippen molar-refractivity contribution in [2.75, 3.05) is 6.54 Å². The van der Waals surface area contributed by atoms with Crippen LogP contribution in [0.15, 0.2) is 89.0 Å². The molecule has 3 rings (SSSR count). The molecule has 0 aliphatic carbocycles. The molecule has 0 amide bonds. The monoisotopic (exact) mass is 402 g/mol. The number of nitrogens with one attached hydrogen (secondary N) is 1. The number of nitriles is 1. The van der Waals surface area contributed by atoms with Gasteiger partial charge in [-0.15, -0.1) is 0 Å². The SMILES string of the molecule is N#CN=C(CCCNS(=O)c1ccccc1-c1ccccc1)Cc1cccnc1. The third-order valence-electron chi connectivity index (χ3n) is 4.39. The summed E-state index contributed by atoms with van der Waals surface area (Å²) in [5, 5.41) is 8.93. The molecule has 1 N–H and O–H groups in total. The molecule has 0 bridgehead atoms. The van der Waals surface area contributed by atoms with Crippen LogP contribution in [0.4, 0.5) is 0 Å². The molecule has 0 fully saturated rings. The lowest BCUT2D eigenvalue weighted by molar-refractivity contribution is 0.669. The van der Waals surface area contributed by atoms with Crippen LogP contribution in [-0.4, -0.2) is 21.4 Å². The molecule has 0 aliphatic rings. The summed E-state index contributed by atoms with van der Waals surface area (Å²) in [6, 6.07) is 21.5. The molecule has 0 radical (unpaired) electrons. The second-order valence-electron chi connectivity index (χ2n) is 6.44. The molecule has 2 aromatic carbocycles. The van der Waals surface area contributed by atoms with E-state index in [0.717, 1.165) is 33.7 Å². The van der Waals surface area contributed by atoms with Crippen molar-refractivity contribution in [1.82, 2.24) is 9.71 Å². The summed E-state index contributed by atoms with van der Waals surface area (Å²) < 4.78 is 15.9. The van der Waals surface area contributed by atoms with E-state index < -0.39 is 11.0 Å². The van der Waals surface area contributed by atoms with E-state index in [1.54, 1.807) is 12.4 Å². The van der Waals surface area contributed by atoms with Gasteiger partial charge in [-0.1, -0.05) is 54.6 Å². The molecule has 0 aliphatic heterocycles. The Hall–Kier alpha value is -3.14. The highest BCUT2D eigenvalue weighted by Gasteiger charge is 2.11. The minimum Gasteiger partial charge on any atom is -0.264 e. The van der Waals surface area contributed by atoms with E-state index in [1.807, 2.05) is 72.9 Å². The average Bonchev–Trinajstić information content (AvgIpc) is 2.78. The highest BCUT2D eigenvalue weighted by atomic mass is 32.2. The lowest BCUT2D eigenvalue weighted by Crippen LogP contribution is -2.20. The van der Waals surface area contributed by atoms with E-state index in [2.05, 4.69) is 14.7 Å². The summed E-state index contributed by atoms with van der Waals surface area (Å²) in [7, 11) is -1.32. The van der Waals surface area contributed by atoms with Crippen LogP contribution >= 0.6 is 0 Å². The largest absolute Gasteiger partial charge is 0.264 e. The molecule has 3 aromatic rings. The minimum absolute atomic E-state index is 0.563. The van der Waals surface area contributed by atoms with Gasteiger partial charge < -0.3 is 0 Å². The number of pyridine rings is 1. The Morgan fingerprint density at radius 2 is 1.86 bits per heavy atom. The Morgan fingerprint density at radius 3 is 2.62 bits per heavy atom. The van der Waals surface area contributed by atoms with Gasteiger partial charge in [-0.2, -0.15) is 10.3 Å². The summed E-state index contributed by atoms with van der Waals surface area (Å²) in [5.74, 6) is 0. The number of aromatic nitrogens is 1. The summed E-state index contributed by atoms with van der Waals surface area (Å²) in [6.45, 7) is 0.563. The Labute approximate surface area is 173 Å². The topological polar surface area (TPSA) is 78.1 Å². The normalized spacial score (nSPS) is 12.3. The van der Waals surface area contributed by atoms with Gasteiger partial charge in [0.1, 0.15) is 11.0 Å². The van der Waals surface area contributed by atoms with Crippen molar-refractivity contribution in [2.45, 2.75) is 24.2 Å². The average molecular weight is 403 g/mol. The van der Waals surface area contributed by atoms with Crippen LogP contribution in [-0.2, 0) is 17.4 Å². The molecule has 1 unspecified atom stereocenters. The van der Waals surface area contributed by atoms with Crippen LogP contribution < -0.4 is 4.72 Å². The third kappa shape index (κ3) is 6.18. The second kappa shape index (κ2) is 11.0. The zero-order chi connectivity index (χ0) is 20.3. The third-order valence-corrected chi connectivity index (χ3v) is 5.61. The predicted octanol–water partition coefficient (Wildman–Crippen LogP) is 4.31. The summed E-state index contributed by atoms with van der Waals surface area (Å²) in [4.78, 5) is 8.80. The number of benzene rings is 2. The Balaban J connectivity index is 1.56. The van der Waals surface area contributed by atoms with Crippen LogP contribution in [0, 0.1) is 11.5 Å². The maximum absolute atomic E-state index is 12.8. The van der Waals surface area contributed by atoms with Crippen molar-refractivity contribution < 1.29 is 4.21 Å². The molecule has 0 saturated heterocycles. The number of rotatable bonds is 9. The summed E-state index contributed by atoms with van der Waals surface area (Å²) in [5.41, 5.74) is 3.83. The van der Waals surface area contributed by atoms with Crippen molar-refractivity contribution in [3.63, 3.8) is 0 Å². The van der Waals surface area contributed by atoms with Gasteiger partial charge in [-0.3, -0.25) is 4.98 Å². The van der Waals surface area contributed by atoms with E-state index in [1.165, 1.54) is 0 Å². The smallest absolute Gasteiger partial charge is 0.205 e. The molecule has 1 atom stereocenters. The summed E-state index contributed by atoms with van der Waals surface area (Å²) in [6.07, 6.45) is 7.37. The fraction of sp³-hybridized carbons (Fsp3) is 0.174. The van der Waals surface area contributed by atoms with Crippen molar-refractivity contribution in [3.05, 3.63) is 84.7 Å². The maximum atomic E-state index is 12.8. The van der Waals surface area contributed by atoms with Crippen LogP contribution in [0.25, 0.3) is 11.1 Å². The lowest BCUT2D eigenvalue weighted by atomic mass is 10.1. The summed E-state index contributed by atoms with van der Waals surface area (Å²) >= 11 is 0. The highest BCUT2D eigenvalue weighted by Crippen LogP contribution is 2.25. The Bertz CT molecular complexity index is 1010. The first-order valence-corrected chi connectivity index (χ1v) is 10.6. The van der Waals surface area contributed by atoms with Gasteiger partial charge in [0.25, 0.3) is 0 Å². The highest BCUT2D eigenvalue weighted by molar-refractivity contribution is 7.83. The van der Waals surface area contributed by atoms with E-state index in [0.29, 0.717) is 19.4 Å². The molecule has 5 nitrogen and oxygen atoms in total. The van der Waals surface area contributed by atoms with Gasteiger partial charge in [0.2, 0.25) is 6.19 Å². The molecular weight excluding hydrogens is 380 g/mol. The van der Waals surface area contributed by atoms with Gasteiger partial charge in [0.05, 0.1) is 4.90 Å². The fourth-order valence-corrected chi connectivity index (χ4v) is 4.09. The maximum Gasteiger partial charge on any atom is 0.205 e. The predicted molar refractivity (Wildman–Crippen MR) is 117 cm³/mol. The quantitative estimate of drug-likeness (QED) is 0.329. The number of aliphatic imine (C=N–C) groups is 1.